The quantitative estimate of drug-likeness (QED) is 0.602. The van der Waals surface area contributed by atoms with E-state index in [4.69, 9.17) is 0 Å². The number of aromatic nitrogens is 3. The van der Waals surface area contributed by atoms with Gasteiger partial charge in [0, 0.05) is 36.9 Å². The number of nitrogens with zero attached hydrogens (tertiary/aromatic N) is 3. The van der Waals surface area contributed by atoms with E-state index < -0.39 is 0 Å². The first-order chi connectivity index (χ1) is 10.7. The largest absolute Gasteiger partial charge is 0.367 e. The molecule has 22 heavy (non-hydrogen) atoms. The Morgan fingerprint density at radius 2 is 2.09 bits per heavy atom. The second kappa shape index (κ2) is 8.33. The molecule has 2 rings (SSSR count). The van der Waals surface area contributed by atoms with Gasteiger partial charge >= 0.3 is 0 Å². The molecule has 0 saturated carbocycles. The van der Waals surface area contributed by atoms with Crippen molar-refractivity contribution in [3.05, 3.63) is 42.5 Å². The highest BCUT2D eigenvalue weighted by atomic mass is 32.2. The highest BCUT2D eigenvalue weighted by Gasteiger charge is 2.13. The minimum atomic E-state index is -0.114. The van der Waals surface area contributed by atoms with E-state index in [-0.39, 0.29) is 5.91 Å². The highest BCUT2D eigenvalue weighted by molar-refractivity contribution is 7.99. The molecule has 2 N–H and O–H groups in total. The zero-order valence-corrected chi connectivity index (χ0v) is 13.4. The van der Waals surface area contributed by atoms with E-state index in [2.05, 4.69) is 39.4 Å². The van der Waals surface area contributed by atoms with Crippen LogP contribution in [0.1, 0.15) is 24.2 Å². The van der Waals surface area contributed by atoms with Gasteiger partial charge in [0.15, 0.2) is 0 Å². The van der Waals surface area contributed by atoms with Gasteiger partial charge in [0.2, 0.25) is 0 Å². The third-order valence-corrected chi connectivity index (χ3v) is 3.66. The third-order valence-electron chi connectivity index (χ3n) is 2.64. The fourth-order valence-electron chi connectivity index (χ4n) is 1.73. The molecule has 2 heterocycles. The maximum absolute atomic E-state index is 12.2. The summed E-state index contributed by atoms with van der Waals surface area (Å²) in [6.45, 7) is 5.23. The van der Waals surface area contributed by atoms with Crippen molar-refractivity contribution in [1.82, 2.24) is 20.3 Å². The number of nitrogens with one attached hydrogen (secondary N) is 2. The summed E-state index contributed by atoms with van der Waals surface area (Å²) in [6.07, 6.45) is 6.58. The van der Waals surface area contributed by atoms with Crippen LogP contribution in [0.5, 0.6) is 0 Å². The minimum Gasteiger partial charge on any atom is -0.367 e. The van der Waals surface area contributed by atoms with Crippen molar-refractivity contribution in [2.24, 2.45) is 0 Å². The van der Waals surface area contributed by atoms with Gasteiger partial charge < -0.3 is 10.6 Å². The maximum atomic E-state index is 12.2. The molecule has 0 spiro atoms. The van der Waals surface area contributed by atoms with Crippen molar-refractivity contribution < 1.29 is 4.79 Å². The van der Waals surface area contributed by atoms with E-state index in [1.165, 1.54) is 0 Å². The molecule has 0 aliphatic rings. The number of anilines is 1. The van der Waals surface area contributed by atoms with Crippen molar-refractivity contribution in [3.8, 4) is 0 Å². The Morgan fingerprint density at radius 1 is 1.23 bits per heavy atom. The standard InChI is InChI=1S/C15H19N5OS/c1-11(2)22-15-12(4-3-5-20-15)14(21)19-9-8-18-13-10-16-6-7-17-13/h3-7,10-11H,8-9H2,1-2H3,(H,17,18)(H,19,21). The van der Waals surface area contributed by atoms with E-state index in [9.17, 15) is 4.79 Å². The number of carbonyl (C=O) groups is 1. The Morgan fingerprint density at radius 3 is 2.82 bits per heavy atom. The van der Waals surface area contributed by atoms with Gasteiger partial charge in [0.1, 0.15) is 10.8 Å². The molecule has 1 amide bonds. The van der Waals surface area contributed by atoms with Gasteiger partial charge in [-0.25, -0.2) is 9.97 Å². The van der Waals surface area contributed by atoms with Gasteiger partial charge in [0.25, 0.3) is 5.91 Å². The van der Waals surface area contributed by atoms with Gasteiger partial charge in [-0.15, -0.1) is 11.8 Å². The molecule has 0 bridgehead atoms. The molecule has 7 heteroatoms. The van der Waals surface area contributed by atoms with Gasteiger partial charge in [-0.2, -0.15) is 0 Å². The van der Waals surface area contributed by atoms with Crippen LogP contribution in [0.3, 0.4) is 0 Å². The fraction of sp³-hybridized carbons (Fsp3) is 0.333. The number of carbonyl (C=O) groups excluding carboxylic acids is 1. The number of pyridine rings is 1. The van der Waals surface area contributed by atoms with Gasteiger partial charge in [-0.3, -0.25) is 9.78 Å². The molecule has 0 fully saturated rings. The van der Waals surface area contributed by atoms with Crippen LogP contribution in [0.15, 0.2) is 41.9 Å². The normalized spacial score (nSPS) is 10.5. The zero-order valence-electron chi connectivity index (χ0n) is 12.6. The molecule has 0 saturated heterocycles. The van der Waals surface area contributed by atoms with E-state index in [0.29, 0.717) is 29.7 Å². The lowest BCUT2D eigenvalue weighted by atomic mass is 10.2. The lowest BCUT2D eigenvalue weighted by Gasteiger charge is -2.11. The Balaban J connectivity index is 1.85. The van der Waals surface area contributed by atoms with Crippen molar-refractivity contribution in [2.45, 2.75) is 24.1 Å². The van der Waals surface area contributed by atoms with Gasteiger partial charge in [-0.1, -0.05) is 13.8 Å². The van der Waals surface area contributed by atoms with Crippen molar-refractivity contribution in [3.63, 3.8) is 0 Å². The summed E-state index contributed by atoms with van der Waals surface area (Å²) in [5.74, 6) is 0.575. The Hall–Kier alpha value is -2.15. The van der Waals surface area contributed by atoms with Gasteiger partial charge in [0.05, 0.1) is 11.8 Å². The molecular formula is C15H19N5OS. The van der Waals surface area contributed by atoms with Crippen LogP contribution in [-0.2, 0) is 0 Å². The second-order valence-electron chi connectivity index (χ2n) is 4.80. The summed E-state index contributed by atoms with van der Waals surface area (Å²) in [5.41, 5.74) is 0.612. The minimum absolute atomic E-state index is 0.114. The van der Waals surface area contributed by atoms with E-state index >= 15 is 0 Å². The van der Waals surface area contributed by atoms with Crippen molar-refractivity contribution in [1.29, 1.82) is 0 Å². The van der Waals surface area contributed by atoms with E-state index in [0.717, 1.165) is 5.03 Å². The van der Waals surface area contributed by atoms with Crippen molar-refractivity contribution in [2.75, 3.05) is 18.4 Å². The van der Waals surface area contributed by atoms with Crippen LogP contribution in [-0.4, -0.2) is 39.2 Å². The second-order valence-corrected chi connectivity index (χ2v) is 6.36. The number of rotatable bonds is 7. The zero-order chi connectivity index (χ0) is 15.8. The van der Waals surface area contributed by atoms with E-state index in [1.54, 1.807) is 48.7 Å². The Bertz CT molecular complexity index is 606. The topological polar surface area (TPSA) is 79.8 Å². The third kappa shape index (κ3) is 5.00. The molecule has 0 unspecified atom stereocenters. The van der Waals surface area contributed by atoms with E-state index in [1.807, 2.05) is 0 Å². The Kier molecular flexibility index (Phi) is 6.14. The maximum Gasteiger partial charge on any atom is 0.254 e. The summed E-state index contributed by atoms with van der Waals surface area (Å²) < 4.78 is 0. The molecular weight excluding hydrogens is 298 g/mol. The van der Waals surface area contributed by atoms with Crippen LogP contribution in [0.2, 0.25) is 0 Å². The summed E-state index contributed by atoms with van der Waals surface area (Å²) >= 11 is 1.58. The summed E-state index contributed by atoms with van der Waals surface area (Å²) in [4.78, 5) is 24.6. The molecule has 116 valence electrons. The van der Waals surface area contributed by atoms with Crippen LogP contribution in [0, 0.1) is 0 Å². The molecule has 2 aromatic heterocycles. The van der Waals surface area contributed by atoms with Crippen LogP contribution >= 0.6 is 11.8 Å². The van der Waals surface area contributed by atoms with Crippen LogP contribution in [0.25, 0.3) is 0 Å². The fourth-order valence-corrected chi connectivity index (χ4v) is 2.59. The lowest BCUT2D eigenvalue weighted by molar-refractivity contribution is 0.0951. The monoisotopic (exact) mass is 317 g/mol. The van der Waals surface area contributed by atoms with Crippen LogP contribution in [0.4, 0.5) is 5.82 Å². The van der Waals surface area contributed by atoms with Crippen LogP contribution < -0.4 is 10.6 Å². The molecule has 6 nitrogen and oxygen atoms in total. The average molecular weight is 317 g/mol. The predicted molar refractivity (Wildman–Crippen MR) is 88.1 cm³/mol. The summed E-state index contributed by atoms with van der Waals surface area (Å²) in [7, 11) is 0. The smallest absolute Gasteiger partial charge is 0.254 e. The number of hydrogen-bond acceptors (Lipinski definition) is 6. The number of hydrogen-bond donors (Lipinski definition) is 2. The molecule has 0 aliphatic heterocycles. The van der Waals surface area contributed by atoms with Crippen molar-refractivity contribution >= 4 is 23.5 Å². The molecule has 0 aromatic carbocycles. The number of thioether (sulfide) groups is 1. The van der Waals surface area contributed by atoms with Gasteiger partial charge in [-0.05, 0) is 12.1 Å². The SMILES string of the molecule is CC(C)Sc1ncccc1C(=O)NCCNc1cnccn1. The molecule has 0 atom stereocenters. The average Bonchev–Trinajstić information content (AvgIpc) is 2.52. The lowest BCUT2D eigenvalue weighted by Crippen LogP contribution is -2.29. The first-order valence-corrected chi connectivity index (χ1v) is 7.94. The Labute approximate surface area is 134 Å². The molecule has 0 aliphatic carbocycles. The first kappa shape index (κ1) is 16.2. The first-order valence-electron chi connectivity index (χ1n) is 7.06. The summed E-state index contributed by atoms with van der Waals surface area (Å²) in [5, 5.41) is 7.10. The molecule has 0 radical (unpaired) electrons. The number of amides is 1. The predicted octanol–water partition coefficient (Wildman–Crippen LogP) is 2.21. The highest BCUT2D eigenvalue weighted by Crippen LogP contribution is 2.23. The summed E-state index contributed by atoms with van der Waals surface area (Å²) in [6, 6.07) is 3.57. The molecule has 2 aromatic rings.